The van der Waals surface area contributed by atoms with E-state index in [1.807, 2.05) is 59.0 Å². The first-order valence-corrected chi connectivity index (χ1v) is 8.12. The SMILES string of the molecule is CNCC(=Cc1cc(OC)ccc1Cl)B1OC(C)(C)C(C)(C)O1. The Bertz CT molecular complexity index is 586. The largest absolute Gasteiger partial charge is 0.497 e. The zero-order chi connectivity index (χ0) is 17.3. The Balaban J connectivity index is 2.36. The maximum absolute atomic E-state index is 6.31. The minimum atomic E-state index is -0.408. The van der Waals surface area contributed by atoms with Crippen LogP contribution in [0.3, 0.4) is 0 Å². The highest BCUT2D eigenvalue weighted by molar-refractivity contribution is 6.56. The van der Waals surface area contributed by atoms with Gasteiger partial charge in [-0.25, -0.2) is 0 Å². The summed E-state index contributed by atoms with van der Waals surface area (Å²) in [5.41, 5.74) is 1.12. The highest BCUT2D eigenvalue weighted by Gasteiger charge is 2.52. The molecule has 23 heavy (non-hydrogen) atoms. The molecule has 1 N–H and O–H groups in total. The number of hydrogen-bond acceptors (Lipinski definition) is 4. The fourth-order valence-corrected chi connectivity index (χ4v) is 2.53. The van der Waals surface area contributed by atoms with E-state index in [9.17, 15) is 0 Å². The number of rotatable bonds is 5. The summed E-state index contributed by atoms with van der Waals surface area (Å²) >= 11 is 6.31. The van der Waals surface area contributed by atoms with Gasteiger partial charge in [-0.2, -0.15) is 0 Å². The molecule has 0 bridgehead atoms. The van der Waals surface area contributed by atoms with Crippen molar-refractivity contribution in [1.29, 1.82) is 0 Å². The zero-order valence-corrected chi connectivity index (χ0v) is 15.5. The van der Waals surface area contributed by atoms with Crippen molar-refractivity contribution >= 4 is 24.8 Å². The van der Waals surface area contributed by atoms with Gasteiger partial charge in [0.15, 0.2) is 0 Å². The molecule has 0 amide bonds. The molecular weight excluding hydrogens is 312 g/mol. The third-order valence-electron chi connectivity index (χ3n) is 4.48. The maximum atomic E-state index is 6.31. The number of ether oxygens (including phenoxy) is 1. The second-order valence-electron chi connectivity index (χ2n) is 6.73. The van der Waals surface area contributed by atoms with Crippen molar-refractivity contribution in [3.05, 3.63) is 34.3 Å². The first-order chi connectivity index (χ1) is 10.7. The molecule has 4 nitrogen and oxygen atoms in total. The van der Waals surface area contributed by atoms with Crippen molar-refractivity contribution in [2.75, 3.05) is 20.7 Å². The number of hydrogen-bond donors (Lipinski definition) is 1. The van der Waals surface area contributed by atoms with Gasteiger partial charge >= 0.3 is 7.12 Å². The Morgan fingerprint density at radius 1 is 1.26 bits per heavy atom. The van der Waals surface area contributed by atoms with Crippen LogP contribution < -0.4 is 10.1 Å². The first kappa shape index (κ1) is 18.3. The Morgan fingerprint density at radius 2 is 1.87 bits per heavy atom. The smallest absolute Gasteiger partial charge is 0.491 e. The lowest BCUT2D eigenvalue weighted by Gasteiger charge is -2.32. The van der Waals surface area contributed by atoms with Crippen molar-refractivity contribution in [1.82, 2.24) is 5.32 Å². The number of halogens is 1. The molecule has 1 heterocycles. The minimum Gasteiger partial charge on any atom is -0.497 e. The highest BCUT2D eigenvalue weighted by atomic mass is 35.5. The van der Waals surface area contributed by atoms with E-state index in [2.05, 4.69) is 5.32 Å². The van der Waals surface area contributed by atoms with Crippen molar-refractivity contribution in [3.8, 4) is 5.75 Å². The van der Waals surface area contributed by atoms with E-state index in [0.29, 0.717) is 11.6 Å². The molecule has 0 saturated carbocycles. The number of benzene rings is 1. The molecule has 1 fully saturated rings. The topological polar surface area (TPSA) is 39.7 Å². The highest BCUT2D eigenvalue weighted by Crippen LogP contribution is 2.39. The number of nitrogens with one attached hydrogen (secondary N) is 1. The van der Waals surface area contributed by atoms with Crippen LogP contribution in [0, 0.1) is 0 Å². The van der Waals surface area contributed by atoms with E-state index in [1.165, 1.54) is 0 Å². The molecule has 0 aromatic heterocycles. The van der Waals surface area contributed by atoms with Crippen molar-refractivity contribution in [2.45, 2.75) is 38.9 Å². The molecule has 0 aliphatic carbocycles. The van der Waals surface area contributed by atoms with Crippen molar-refractivity contribution in [2.24, 2.45) is 0 Å². The molecule has 1 aliphatic heterocycles. The van der Waals surface area contributed by atoms with Crippen LogP contribution in [0.15, 0.2) is 23.7 Å². The Labute approximate surface area is 144 Å². The molecule has 126 valence electrons. The molecule has 1 aliphatic rings. The predicted molar refractivity (Wildman–Crippen MR) is 96.0 cm³/mol. The van der Waals surface area contributed by atoms with Crippen molar-refractivity contribution in [3.63, 3.8) is 0 Å². The average Bonchev–Trinajstić information content (AvgIpc) is 2.69. The van der Waals surface area contributed by atoms with Gasteiger partial charge in [-0.1, -0.05) is 17.7 Å². The molecule has 0 atom stereocenters. The second kappa shape index (κ2) is 6.85. The molecule has 0 unspecified atom stereocenters. The Morgan fingerprint density at radius 3 is 2.39 bits per heavy atom. The molecule has 2 rings (SSSR count). The molecule has 6 heteroatoms. The molecular formula is C17H25BClNO3. The molecule has 1 aromatic rings. The third kappa shape index (κ3) is 3.91. The van der Waals surface area contributed by atoms with E-state index >= 15 is 0 Å². The number of likely N-dealkylation sites (N-methyl/N-ethyl adjacent to an activating group) is 1. The van der Waals surface area contributed by atoms with Gasteiger partial charge in [-0.3, -0.25) is 0 Å². The summed E-state index contributed by atoms with van der Waals surface area (Å²) in [6.45, 7) is 8.82. The Hall–Kier alpha value is -1.01. The Kier molecular flexibility index (Phi) is 5.46. The van der Waals surface area contributed by atoms with E-state index < -0.39 is 7.12 Å². The summed E-state index contributed by atoms with van der Waals surface area (Å²) in [6, 6.07) is 5.57. The van der Waals surface area contributed by atoms with Crippen LogP contribution >= 0.6 is 11.6 Å². The number of methoxy groups -OCH3 is 1. The average molecular weight is 338 g/mol. The van der Waals surface area contributed by atoms with Crippen LogP contribution in [0.4, 0.5) is 0 Å². The quantitative estimate of drug-likeness (QED) is 0.834. The lowest BCUT2D eigenvalue weighted by molar-refractivity contribution is 0.00578. The first-order valence-electron chi connectivity index (χ1n) is 7.74. The fraction of sp³-hybridized carbons (Fsp3) is 0.529. The standard InChI is InChI=1S/C17H25BClNO3/c1-16(2)17(3,4)23-18(22-16)13(11-20-5)9-12-10-14(21-6)7-8-15(12)19/h7-10,20H,11H2,1-6H3. The summed E-state index contributed by atoms with van der Waals surface area (Å²) in [7, 11) is 3.13. The minimum absolute atomic E-state index is 0.372. The summed E-state index contributed by atoms with van der Waals surface area (Å²) in [5.74, 6) is 0.762. The summed E-state index contributed by atoms with van der Waals surface area (Å²) in [6.07, 6.45) is 2.00. The summed E-state index contributed by atoms with van der Waals surface area (Å²) in [4.78, 5) is 0. The fourth-order valence-electron chi connectivity index (χ4n) is 2.36. The zero-order valence-electron chi connectivity index (χ0n) is 14.7. The van der Waals surface area contributed by atoms with Gasteiger partial charge in [0.1, 0.15) is 5.75 Å². The monoisotopic (exact) mass is 337 g/mol. The van der Waals surface area contributed by atoms with E-state index in [0.717, 1.165) is 16.8 Å². The third-order valence-corrected chi connectivity index (χ3v) is 4.83. The maximum Gasteiger partial charge on any atom is 0.491 e. The van der Waals surface area contributed by atoms with Gasteiger partial charge in [0.25, 0.3) is 0 Å². The van der Waals surface area contributed by atoms with Crippen molar-refractivity contribution < 1.29 is 14.0 Å². The van der Waals surface area contributed by atoms with Gasteiger partial charge < -0.3 is 19.4 Å². The van der Waals surface area contributed by atoms with Crippen LogP contribution in [0.2, 0.25) is 5.02 Å². The van der Waals surface area contributed by atoms with Crippen LogP contribution in [0.25, 0.3) is 6.08 Å². The normalized spacial score (nSPS) is 20.0. The van der Waals surface area contributed by atoms with Crippen LogP contribution in [0.5, 0.6) is 5.75 Å². The van der Waals surface area contributed by atoms with Crippen LogP contribution in [-0.2, 0) is 9.31 Å². The molecule has 0 spiro atoms. The van der Waals surface area contributed by atoms with E-state index in [4.69, 9.17) is 25.6 Å². The second-order valence-corrected chi connectivity index (χ2v) is 7.13. The van der Waals surface area contributed by atoms with E-state index in [-0.39, 0.29) is 11.2 Å². The summed E-state index contributed by atoms with van der Waals surface area (Å²) in [5, 5.41) is 3.83. The predicted octanol–water partition coefficient (Wildman–Crippen LogP) is 3.58. The van der Waals surface area contributed by atoms with Gasteiger partial charge in [-0.05, 0) is 64.0 Å². The van der Waals surface area contributed by atoms with Gasteiger partial charge in [0, 0.05) is 11.6 Å². The summed E-state index contributed by atoms with van der Waals surface area (Å²) < 4.78 is 17.6. The molecule has 0 radical (unpaired) electrons. The van der Waals surface area contributed by atoms with Gasteiger partial charge in [0.2, 0.25) is 0 Å². The lowest BCUT2D eigenvalue weighted by atomic mass is 9.77. The van der Waals surface area contributed by atoms with Crippen LogP contribution in [0.1, 0.15) is 33.3 Å². The van der Waals surface area contributed by atoms with Crippen LogP contribution in [-0.4, -0.2) is 39.0 Å². The lowest BCUT2D eigenvalue weighted by Crippen LogP contribution is -2.41. The van der Waals surface area contributed by atoms with E-state index in [1.54, 1.807) is 7.11 Å². The molecule has 1 saturated heterocycles. The molecule has 1 aromatic carbocycles. The van der Waals surface area contributed by atoms with Gasteiger partial charge in [0.05, 0.1) is 18.3 Å². The van der Waals surface area contributed by atoms with Gasteiger partial charge in [-0.15, -0.1) is 0 Å².